The average Bonchev–Trinajstić information content (AvgIpc) is 3.21. The van der Waals surface area contributed by atoms with Crippen molar-refractivity contribution in [1.82, 2.24) is 5.32 Å². The minimum atomic E-state index is 0.0517. The van der Waals surface area contributed by atoms with Crippen LogP contribution in [-0.2, 0) is 9.53 Å². The fourth-order valence-corrected chi connectivity index (χ4v) is 8.52. The van der Waals surface area contributed by atoms with E-state index in [0.29, 0.717) is 35.2 Å². The van der Waals surface area contributed by atoms with Gasteiger partial charge in [0, 0.05) is 24.8 Å². The van der Waals surface area contributed by atoms with Crippen molar-refractivity contribution >= 4 is 5.78 Å². The number of rotatable bonds is 3. The number of Topliss-reactive ketones (excluding diaryl/α,β-unsaturated/α-hetero) is 1. The number of allylic oxidation sites excluding steroid dienone is 1. The molecule has 0 amide bonds. The van der Waals surface area contributed by atoms with Gasteiger partial charge in [0.2, 0.25) is 0 Å². The molecule has 8 atom stereocenters. The highest BCUT2D eigenvalue weighted by atomic mass is 16.5. The first kappa shape index (κ1) is 23.1. The SMILES string of the molecule is CC1=C2CC[C@@H](CC[C@H]3CC(=O)CCC3(C)C)[C@@H]2CC[C@@]2(C1)O[C@@H]1C[C@H](C)CN[C@H]1[C@H]2C. The van der Waals surface area contributed by atoms with Crippen molar-refractivity contribution in [3.05, 3.63) is 11.1 Å². The molecule has 32 heavy (non-hydrogen) atoms. The van der Waals surface area contributed by atoms with Gasteiger partial charge in [-0.3, -0.25) is 4.79 Å². The summed E-state index contributed by atoms with van der Waals surface area (Å²) < 4.78 is 6.99. The van der Waals surface area contributed by atoms with E-state index in [1.807, 2.05) is 0 Å². The summed E-state index contributed by atoms with van der Waals surface area (Å²) in [5.41, 5.74) is 3.83. The summed E-state index contributed by atoms with van der Waals surface area (Å²) in [6.45, 7) is 13.2. The number of piperidine rings is 1. The van der Waals surface area contributed by atoms with Crippen LogP contribution in [0, 0.1) is 35.0 Å². The quantitative estimate of drug-likeness (QED) is 0.511. The molecular weight excluding hydrogens is 394 g/mol. The highest BCUT2D eigenvalue weighted by Crippen LogP contribution is 2.54. The van der Waals surface area contributed by atoms with Crippen LogP contribution in [0.25, 0.3) is 0 Å². The molecule has 0 bridgehead atoms. The molecule has 2 saturated heterocycles. The molecule has 180 valence electrons. The first-order valence-electron chi connectivity index (χ1n) is 13.8. The van der Waals surface area contributed by atoms with E-state index >= 15 is 0 Å². The van der Waals surface area contributed by atoms with Crippen LogP contribution in [0.15, 0.2) is 11.1 Å². The Balaban J connectivity index is 1.27. The largest absolute Gasteiger partial charge is 0.369 e. The van der Waals surface area contributed by atoms with Gasteiger partial charge in [-0.2, -0.15) is 0 Å². The lowest BCUT2D eigenvalue weighted by atomic mass is 9.66. The predicted molar refractivity (Wildman–Crippen MR) is 130 cm³/mol. The number of carbonyl (C=O) groups excluding carboxylic acids is 1. The van der Waals surface area contributed by atoms with Crippen molar-refractivity contribution < 1.29 is 9.53 Å². The normalized spacial score (nSPS) is 46.3. The Bertz CT molecular complexity index is 769. The zero-order chi connectivity index (χ0) is 22.7. The van der Waals surface area contributed by atoms with E-state index in [1.165, 1.54) is 44.9 Å². The molecule has 0 aromatic heterocycles. The summed E-state index contributed by atoms with van der Waals surface area (Å²) >= 11 is 0. The lowest BCUT2D eigenvalue weighted by molar-refractivity contribution is -0.124. The van der Waals surface area contributed by atoms with E-state index in [-0.39, 0.29) is 5.60 Å². The number of hydrogen-bond acceptors (Lipinski definition) is 3. The fourth-order valence-electron chi connectivity index (χ4n) is 8.52. The van der Waals surface area contributed by atoms with Crippen LogP contribution in [-0.4, -0.2) is 30.1 Å². The second-order valence-corrected chi connectivity index (χ2v) is 13.2. The highest BCUT2D eigenvalue weighted by Gasteiger charge is 2.55. The molecule has 0 aromatic rings. The molecule has 0 radical (unpaired) electrons. The highest BCUT2D eigenvalue weighted by molar-refractivity contribution is 5.79. The maximum absolute atomic E-state index is 12.1. The smallest absolute Gasteiger partial charge is 0.133 e. The maximum Gasteiger partial charge on any atom is 0.133 e. The molecule has 2 heterocycles. The van der Waals surface area contributed by atoms with E-state index in [4.69, 9.17) is 4.74 Å². The number of ether oxygens (including phenoxy) is 1. The van der Waals surface area contributed by atoms with Crippen LogP contribution in [0.3, 0.4) is 0 Å². The summed E-state index contributed by atoms with van der Waals surface area (Å²) in [4.78, 5) is 12.1. The number of fused-ring (bicyclic) bond motifs is 2. The summed E-state index contributed by atoms with van der Waals surface area (Å²) in [7, 11) is 0. The molecule has 1 N–H and O–H groups in total. The Morgan fingerprint density at radius 3 is 2.72 bits per heavy atom. The van der Waals surface area contributed by atoms with Gasteiger partial charge in [-0.05, 0) is 100 Å². The molecule has 5 rings (SSSR count). The Morgan fingerprint density at radius 1 is 1.09 bits per heavy atom. The second kappa shape index (κ2) is 8.52. The molecule has 3 heteroatoms. The van der Waals surface area contributed by atoms with Crippen LogP contribution in [0.2, 0.25) is 0 Å². The Morgan fingerprint density at radius 2 is 1.91 bits per heavy atom. The van der Waals surface area contributed by atoms with Gasteiger partial charge in [0.25, 0.3) is 0 Å². The maximum atomic E-state index is 12.1. The zero-order valence-electron chi connectivity index (χ0n) is 21.3. The van der Waals surface area contributed by atoms with Crippen molar-refractivity contribution in [2.45, 2.75) is 123 Å². The van der Waals surface area contributed by atoms with E-state index in [2.05, 4.69) is 39.9 Å². The number of carbonyl (C=O) groups is 1. The van der Waals surface area contributed by atoms with Crippen LogP contribution >= 0.6 is 0 Å². The van der Waals surface area contributed by atoms with Crippen LogP contribution < -0.4 is 5.32 Å². The third-order valence-electron chi connectivity index (χ3n) is 10.8. The van der Waals surface area contributed by atoms with E-state index in [9.17, 15) is 4.79 Å². The van der Waals surface area contributed by atoms with Gasteiger partial charge in [-0.25, -0.2) is 0 Å². The van der Waals surface area contributed by atoms with Gasteiger partial charge in [-0.15, -0.1) is 0 Å². The predicted octanol–water partition coefficient (Wildman–Crippen LogP) is 6.46. The number of ketones is 1. The van der Waals surface area contributed by atoms with E-state index < -0.39 is 0 Å². The van der Waals surface area contributed by atoms with Crippen LogP contribution in [0.4, 0.5) is 0 Å². The average molecular weight is 442 g/mol. The van der Waals surface area contributed by atoms with E-state index in [0.717, 1.165) is 50.0 Å². The molecule has 3 aliphatic carbocycles. The zero-order valence-corrected chi connectivity index (χ0v) is 21.3. The van der Waals surface area contributed by atoms with Crippen molar-refractivity contribution in [2.24, 2.45) is 35.0 Å². The third kappa shape index (κ3) is 4.04. The van der Waals surface area contributed by atoms with Gasteiger partial charge < -0.3 is 10.1 Å². The van der Waals surface area contributed by atoms with Gasteiger partial charge in [0.1, 0.15) is 5.78 Å². The standard InChI is InChI=1S/C29H47NO2/c1-18-14-26-27(30-17-18)20(3)29(32-26)13-11-25-21(7-9-24(25)19(2)16-29)6-8-22-15-23(31)10-12-28(22,4)5/h18,20-22,25-27,30H,6-17H2,1-5H3/t18-,20+,21+,22-,25-,26+,27-,29-/m0/s1. The van der Waals surface area contributed by atoms with Crippen molar-refractivity contribution in [3.63, 3.8) is 0 Å². The van der Waals surface area contributed by atoms with Crippen molar-refractivity contribution in [1.29, 1.82) is 0 Å². The topological polar surface area (TPSA) is 38.3 Å². The van der Waals surface area contributed by atoms with Gasteiger partial charge in [0.15, 0.2) is 0 Å². The molecule has 3 nitrogen and oxygen atoms in total. The van der Waals surface area contributed by atoms with Crippen molar-refractivity contribution in [2.75, 3.05) is 6.54 Å². The Kier molecular flexibility index (Phi) is 6.15. The monoisotopic (exact) mass is 441 g/mol. The summed E-state index contributed by atoms with van der Waals surface area (Å²) in [5.74, 6) is 4.00. The first-order valence-corrected chi connectivity index (χ1v) is 13.8. The van der Waals surface area contributed by atoms with Gasteiger partial charge >= 0.3 is 0 Å². The van der Waals surface area contributed by atoms with Crippen LogP contribution in [0.1, 0.15) is 105 Å². The summed E-state index contributed by atoms with van der Waals surface area (Å²) in [6.07, 6.45) is 13.3. The molecule has 0 unspecified atom stereocenters. The van der Waals surface area contributed by atoms with Crippen LogP contribution in [0.5, 0.6) is 0 Å². The minimum Gasteiger partial charge on any atom is -0.369 e. The second-order valence-electron chi connectivity index (χ2n) is 13.2. The van der Waals surface area contributed by atoms with Gasteiger partial charge in [-0.1, -0.05) is 38.8 Å². The molecule has 2 saturated carbocycles. The molecular formula is C29H47NO2. The molecule has 0 aromatic carbocycles. The minimum absolute atomic E-state index is 0.0517. The molecule has 1 spiro atoms. The lowest BCUT2D eigenvalue weighted by Gasteiger charge is -2.39. The summed E-state index contributed by atoms with van der Waals surface area (Å²) in [6, 6.07) is 0.545. The third-order valence-corrected chi connectivity index (χ3v) is 10.8. The molecule has 4 fully saturated rings. The van der Waals surface area contributed by atoms with Gasteiger partial charge in [0.05, 0.1) is 11.7 Å². The molecule has 2 aliphatic heterocycles. The van der Waals surface area contributed by atoms with E-state index in [1.54, 1.807) is 11.1 Å². The number of hydrogen-bond donors (Lipinski definition) is 1. The Hall–Kier alpha value is -0.670. The number of nitrogens with one attached hydrogen (secondary N) is 1. The summed E-state index contributed by atoms with van der Waals surface area (Å²) in [5, 5.41) is 3.85. The first-order chi connectivity index (χ1) is 15.2. The molecule has 5 aliphatic rings. The fraction of sp³-hybridized carbons (Fsp3) is 0.897. The Labute approximate surface area is 196 Å². The lowest BCUT2D eigenvalue weighted by Crippen LogP contribution is -2.48. The van der Waals surface area contributed by atoms with Crippen molar-refractivity contribution in [3.8, 4) is 0 Å².